The van der Waals surface area contributed by atoms with Crippen LogP contribution >= 0.6 is 0 Å². The van der Waals surface area contributed by atoms with E-state index in [0.29, 0.717) is 19.3 Å². The Labute approximate surface area is 65.0 Å². The number of hydrogen-bond donors (Lipinski definition) is 1. The first-order valence-electron chi connectivity index (χ1n) is 6.11. The van der Waals surface area contributed by atoms with Crippen LogP contribution in [-0.2, 0) is 4.74 Å². The SMILES string of the molecule is [2H]C([2H])([2H])N[C@H]1CC[C@@H](OC([2H])([2H])[2H])C1. The Kier molecular flexibility index (Phi) is 0.888. The van der Waals surface area contributed by atoms with E-state index in [9.17, 15) is 0 Å². The van der Waals surface area contributed by atoms with Gasteiger partial charge in [-0.05, 0) is 26.2 Å². The van der Waals surface area contributed by atoms with Crippen molar-refractivity contribution < 1.29 is 13.0 Å². The molecule has 2 atom stereocenters. The van der Waals surface area contributed by atoms with Crippen LogP contribution in [0.15, 0.2) is 0 Å². The van der Waals surface area contributed by atoms with Crippen LogP contribution in [0, 0.1) is 0 Å². The Morgan fingerprint density at radius 1 is 1.67 bits per heavy atom. The molecule has 0 aromatic carbocycles. The summed E-state index contributed by atoms with van der Waals surface area (Å²) in [7, 11) is -2.39. The molecule has 1 rings (SSSR count). The molecule has 0 saturated heterocycles. The average Bonchev–Trinajstić information content (AvgIpc) is 2.28. The lowest BCUT2D eigenvalue weighted by Gasteiger charge is -2.07. The standard InChI is InChI=1S/C7H15NO/c1-8-6-3-4-7(5-6)9-2/h6-8H,3-5H2,1-2H3/t6-,7+/m0/s1/i1D3,2D3. The molecule has 9 heavy (non-hydrogen) atoms. The normalized spacial score (nSPS) is 48.0. The Hall–Kier alpha value is -0.0800. The van der Waals surface area contributed by atoms with Gasteiger partial charge in [0.1, 0.15) is 0 Å². The van der Waals surface area contributed by atoms with E-state index in [2.05, 4.69) is 5.32 Å². The third-order valence-corrected chi connectivity index (χ3v) is 1.76. The molecule has 0 bridgehead atoms. The van der Waals surface area contributed by atoms with E-state index in [1.54, 1.807) is 0 Å². The summed E-state index contributed by atoms with van der Waals surface area (Å²) in [6, 6.07) is -0.176. The summed E-state index contributed by atoms with van der Waals surface area (Å²) in [6.45, 7) is -2.17. The lowest BCUT2D eigenvalue weighted by molar-refractivity contribution is 0.107. The molecule has 1 aliphatic carbocycles. The monoisotopic (exact) mass is 135 g/mol. The topological polar surface area (TPSA) is 21.3 Å². The summed E-state index contributed by atoms with van der Waals surface area (Å²) >= 11 is 0. The highest BCUT2D eigenvalue weighted by molar-refractivity contribution is 4.79. The van der Waals surface area contributed by atoms with Gasteiger partial charge in [0.15, 0.2) is 0 Å². The van der Waals surface area contributed by atoms with Gasteiger partial charge in [-0.3, -0.25) is 0 Å². The number of ether oxygens (including phenoxy) is 1. The van der Waals surface area contributed by atoms with Gasteiger partial charge in [-0.2, -0.15) is 0 Å². The lowest BCUT2D eigenvalue weighted by Crippen LogP contribution is -2.22. The summed E-state index contributed by atoms with van der Waals surface area (Å²) in [4.78, 5) is 0. The van der Waals surface area contributed by atoms with Crippen molar-refractivity contribution in [2.45, 2.75) is 31.4 Å². The van der Waals surface area contributed by atoms with Crippen LogP contribution in [0.2, 0.25) is 0 Å². The first kappa shape index (κ1) is 2.51. The van der Waals surface area contributed by atoms with Crippen molar-refractivity contribution in [1.29, 1.82) is 0 Å². The minimum Gasteiger partial charge on any atom is -0.381 e. The van der Waals surface area contributed by atoms with E-state index in [4.69, 9.17) is 13.0 Å². The molecule has 0 amide bonds. The van der Waals surface area contributed by atoms with Crippen LogP contribution < -0.4 is 5.32 Å². The summed E-state index contributed by atoms with van der Waals surface area (Å²) in [5.74, 6) is 0. The van der Waals surface area contributed by atoms with Gasteiger partial charge in [-0.15, -0.1) is 0 Å². The predicted octanol–water partition coefficient (Wildman–Crippen LogP) is 0.773. The maximum atomic E-state index is 7.01. The summed E-state index contributed by atoms with van der Waals surface area (Å²) < 4.78 is 46.6. The zero-order chi connectivity index (χ0) is 11.7. The van der Waals surface area contributed by atoms with Gasteiger partial charge >= 0.3 is 0 Å². The van der Waals surface area contributed by atoms with Crippen LogP contribution in [0.25, 0.3) is 0 Å². The Morgan fingerprint density at radius 2 is 2.67 bits per heavy atom. The molecule has 0 heterocycles. The molecule has 0 aliphatic heterocycles. The first-order chi connectivity index (χ1) is 6.66. The summed E-state index contributed by atoms with van der Waals surface area (Å²) in [5.41, 5.74) is 0. The van der Waals surface area contributed by atoms with Crippen molar-refractivity contribution in [2.75, 3.05) is 14.0 Å². The minimum absolute atomic E-state index is 0.176. The van der Waals surface area contributed by atoms with Gasteiger partial charge in [0.05, 0.1) is 10.2 Å². The molecule has 0 radical (unpaired) electrons. The highest BCUT2D eigenvalue weighted by Crippen LogP contribution is 2.20. The lowest BCUT2D eigenvalue weighted by atomic mass is 10.2. The smallest absolute Gasteiger partial charge is 0.0586 e. The first-order valence-corrected chi connectivity index (χ1v) is 3.11. The van der Waals surface area contributed by atoms with Crippen LogP contribution in [0.1, 0.15) is 27.5 Å². The van der Waals surface area contributed by atoms with E-state index >= 15 is 0 Å². The van der Waals surface area contributed by atoms with Crippen molar-refractivity contribution in [2.24, 2.45) is 0 Å². The molecule has 1 saturated carbocycles. The van der Waals surface area contributed by atoms with Crippen LogP contribution in [0.3, 0.4) is 0 Å². The van der Waals surface area contributed by atoms with E-state index in [1.807, 2.05) is 0 Å². The predicted molar refractivity (Wildman–Crippen MR) is 37.5 cm³/mol. The van der Waals surface area contributed by atoms with Crippen molar-refractivity contribution >= 4 is 0 Å². The van der Waals surface area contributed by atoms with Gasteiger partial charge in [0, 0.05) is 17.2 Å². The quantitative estimate of drug-likeness (QED) is 0.604. The highest BCUT2D eigenvalue weighted by atomic mass is 16.5. The molecule has 54 valence electrons. The Bertz CT molecular complexity index is 191. The fourth-order valence-electron chi connectivity index (χ4n) is 1.18. The second-order valence-corrected chi connectivity index (χ2v) is 2.39. The number of nitrogens with one attached hydrogen (secondary N) is 1. The zero-order valence-electron chi connectivity index (χ0n) is 11.2. The highest BCUT2D eigenvalue weighted by Gasteiger charge is 2.22. The maximum Gasteiger partial charge on any atom is 0.0586 e. The third kappa shape index (κ3) is 1.66. The van der Waals surface area contributed by atoms with Crippen molar-refractivity contribution in [3.8, 4) is 0 Å². The van der Waals surface area contributed by atoms with Crippen molar-refractivity contribution in [1.82, 2.24) is 5.32 Å². The van der Waals surface area contributed by atoms with Crippen LogP contribution in [-0.4, -0.2) is 26.2 Å². The van der Waals surface area contributed by atoms with E-state index in [0.717, 1.165) is 0 Å². The van der Waals surface area contributed by atoms with Crippen LogP contribution in [0.4, 0.5) is 0 Å². The van der Waals surface area contributed by atoms with Crippen molar-refractivity contribution in [3.05, 3.63) is 0 Å². The molecular formula is C7H15NO. The van der Waals surface area contributed by atoms with E-state index < -0.39 is 14.0 Å². The van der Waals surface area contributed by atoms with Crippen molar-refractivity contribution in [3.63, 3.8) is 0 Å². The van der Waals surface area contributed by atoms with E-state index in [-0.39, 0.29) is 12.1 Å². The largest absolute Gasteiger partial charge is 0.381 e. The van der Waals surface area contributed by atoms with Crippen LogP contribution in [0.5, 0.6) is 0 Å². The molecule has 1 fully saturated rings. The number of hydrogen-bond acceptors (Lipinski definition) is 2. The second-order valence-electron chi connectivity index (χ2n) is 2.39. The molecule has 0 aromatic heterocycles. The molecule has 1 N–H and O–H groups in total. The van der Waals surface area contributed by atoms with Gasteiger partial charge in [0.25, 0.3) is 0 Å². The fraction of sp³-hybridized carbons (Fsp3) is 1.00. The summed E-state index contributed by atoms with van der Waals surface area (Å²) in [6.07, 6.45) is 1.31. The Balaban J connectivity index is 2.33. The molecular weight excluding hydrogens is 114 g/mol. The van der Waals surface area contributed by atoms with E-state index in [1.165, 1.54) is 0 Å². The number of rotatable bonds is 2. The molecule has 2 nitrogen and oxygen atoms in total. The second kappa shape index (κ2) is 3.18. The fourth-order valence-corrected chi connectivity index (χ4v) is 1.18. The molecule has 0 unspecified atom stereocenters. The number of methoxy groups -OCH3 is 1. The summed E-state index contributed by atoms with van der Waals surface area (Å²) in [5, 5.41) is 2.47. The average molecular weight is 135 g/mol. The van der Waals surface area contributed by atoms with Gasteiger partial charge in [-0.25, -0.2) is 0 Å². The van der Waals surface area contributed by atoms with Gasteiger partial charge < -0.3 is 10.1 Å². The maximum absolute atomic E-state index is 7.01. The molecule has 0 aromatic rings. The minimum atomic E-state index is -2.39. The third-order valence-electron chi connectivity index (χ3n) is 1.76. The Morgan fingerprint density at radius 3 is 3.44 bits per heavy atom. The molecule has 2 heteroatoms. The van der Waals surface area contributed by atoms with Gasteiger partial charge in [-0.1, -0.05) is 0 Å². The zero-order valence-corrected chi connectivity index (χ0v) is 5.18. The molecule has 1 aliphatic rings. The molecule has 0 spiro atoms. The van der Waals surface area contributed by atoms with Gasteiger partial charge in [0.2, 0.25) is 0 Å².